The van der Waals surface area contributed by atoms with Gasteiger partial charge in [0.05, 0.1) is 0 Å². The number of nitrogens with one attached hydrogen (secondary N) is 2. The van der Waals surface area contributed by atoms with Gasteiger partial charge in [0.2, 0.25) is 5.91 Å². The number of hydrogen-bond acceptors (Lipinski definition) is 3. The molecule has 1 atom stereocenters. The lowest BCUT2D eigenvalue weighted by molar-refractivity contribution is -0.118. The summed E-state index contributed by atoms with van der Waals surface area (Å²) in [6.45, 7) is 0.553. The largest absolute Gasteiger partial charge is 0.384 e. The number of benzene rings is 1. The number of amidine groups is 1. The molecular weight excluding hydrogens is 232 g/mol. The first kappa shape index (κ1) is 12.1. The minimum absolute atomic E-state index is 0.00982. The summed E-state index contributed by atoms with van der Waals surface area (Å²) in [5.41, 5.74) is 6.70. The molecule has 0 unspecified atom stereocenters. The van der Waals surface area contributed by atoms with Crippen LogP contribution in [0.15, 0.2) is 24.3 Å². The summed E-state index contributed by atoms with van der Waals surface area (Å²) in [6, 6.07) is 6.37. The molecule has 6 nitrogen and oxygen atoms in total. The molecule has 4 N–H and O–H groups in total. The van der Waals surface area contributed by atoms with Crippen LogP contribution in [-0.2, 0) is 9.59 Å². The molecule has 1 aliphatic heterocycles. The summed E-state index contributed by atoms with van der Waals surface area (Å²) in [7, 11) is 0. The maximum absolute atomic E-state index is 11.9. The van der Waals surface area contributed by atoms with Crippen LogP contribution in [0.2, 0.25) is 0 Å². The lowest BCUT2D eigenvalue weighted by Crippen LogP contribution is -2.37. The van der Waals surface area contributed by atoms with Gasteiger partial charge in [-0.05, 0) is 30.7 Å². The van der Waals surface area contributed by atoms with E-state index in [1.165, 1.54) is 0 Å². The van der Waals surface area contributed by atoms with Crippen LogP contribution in [0.3, 0.4) is 0 Å². The van der Waals surface area contributed by atoms with E-state index in [-0.39, 0.29) is 11.7 Å². The number of hydrogen-bond donors (Lipinski definition) is 3. The Balaban J connectivity index is 2.15. The third-order valence-corrected chi connectivity index (χ3v) is 2.93. The molecule has 6 heteroatoms. The highest BCUT2D eigenvalue weighted by molar-refractivity contribution is 6.01. The van der Waals surface area contributed by atoms with Crippen molar-refractivity contribution in [2.45, 2.75) is 12.5 Å². The second-order valence-electron chi connectivity index (χ2n) is 4.04. The summed E-state index contributed by atoms with van der Waals surface area (Å²) in [4.78, 5) is 23.8. The van der Waals surface area contributed by atoms with Crippen molar-refractivity contribution in [2.75, 3.05) is 11.4 Å². The third-order valence-electron chi connectivity index (χ3n) is 2.93. The normalized spacial score (nSPS) is 18.8. The quantitative estimate of drug-likeness (QED) is 0.387. The SMILES string of the molecule is N=C(N)c1ccc(N2CC[C@H](N[C]=O)C2=O)cc1. The minimum atomic E-state index is -0.491. The van der Waals surface area contributed by atoms with Gasteiger partial charge in [0, 0.05) is 17.8 Å². The van der Waals surface area contributed by atoms with Gasteiger partial charge in [-0.1, -0.05) is 0 Å². The van der Waals surface area contributed by atoms with Crippen LogP contribution in [0, 0.1) is 5.41 Å². The summed E-state index contributed by atoms with van der Waals surface area (Å²) >= 11 is 0. The fourth-order valence-corrected chi connectivity index (χ4v) is 1.96. The summed E-state index contributed by atoms with van der Waals surface area (Å²) in [5, 5.41) is 9.66. The molecule has 0 saturated carbocycles. The van der Waals surface area contributed by atoms with Gasteiger partial charge in [-0.25, -0.2) is 0 Å². The van der Waals surface area contributed by atoms with Crippen molar-refractivity contribution in [2.24, 2.45) is 5.73 Å². The summed E-state index contributed by atoms with van der Waals surface area (Å²) < 4.78 is 0. The van der Waals surface area contributed by atoms with E-state index in [1.807, 2.05) is 0 Å². The fourth-order valence-electron chi connectivity index (χ4n) is 1.96. The average molecular weight is 245 g/mol. The second-order valence-corrected chi connectivity index (χ2v) is 4.04. The molecule has 1 saturated heterocycles. The highest BCUT2D eigenvalue weighted by Gasteiger charge is 2.32. The summed E-state index contributed by atoms with van der Waals surface area (Å²) in [6.07, 6.45) is 2.12. The lowest BCUT2D eigenvalue weighted by Gasteiger charge is -2.16. The van der Waals surface area contributed by atoms with Gasteiger partial charge in [0.1, 0.15) is 11.9 Å². The van der Waals surface area contributed by atoms with Gasteiger partial charge in [-0.3, -0.25) is 15.0 Å². The zero-order valence-electron chi connectivity index (χ0n) is 9.64. The number of nitrogens with zero attached hydrogens (tertiary/aromatic N) is 1. The number of nitrogen functional groups attached to an aromatic ring is 1. The van der Waals surface area contributed by atoms with Crippen molar-refractivity contribution >= 4 is 23.8 Å². The van der Waals surface area contributed by atoms with E-state index < -0.39 is 6.04 Å². The number of anilines is 1. The van der Waals surface area contributed by atoms with Crippen LogP contribution in [-0.4, -0.2) is 30.7 Å². The maximum atomic E-state index is 11.9. The van der Waals surface area contributed by atoms with E-state index in [4.69, 9.17) is 11.1 Å². The van der Waals surface area contributed by atoms with Crippen molar-refractivity contribution in [1.29, 1.82) is 5.41 Å². The first-order valence-corrected chi connectivity index (χ1v) is 5.52. The predicted molar refractivity (Wildman–Crippen MR) is 67.0 cm³/mol. The molecule has 0 spiro atoms. The molecule has 0 aromatic heterocycles. The molecule has 93 valence electrons. The zero-order chi connectivity index (χ0) is 13.1. The molecule has 1 aliphatic rings. The van der Waals surface area contributed by atoms with Gasteiger partial charge in [0.15, 0.2) is 0 Å². The number of carbonyl (C=O) groups is 1. The molecule has 0 bridgehead atoms. The number of rotatable bonds is 4. The van der Waals surface area contributed by atoms with Crippen molar-refractivity contribution in [3.8, 4) is 0 Å². The Kier molecular flexibility index (Phi) is 3.27. The van der Waals surface area contributed by atoms with Crippen LogP contribution in [0.25, 0.3) is 0 Å². The van der Waals surface area contributed by atoms with Gasteiger partial charge < -0.3 is 16.0 Å². The molecule has 1 radical (unpaired) electrons. The highest BCUT2D eigenvalue weighted by Crippen LogP contribution is 2.21. The predicted octanol–water partition coefficient (Wildman–Crippen LogP) is -0.267. The van der Waals surface area contributed by atoms with E-state index in [0.717, 1.165) is 5.69 Å². The fraction of sp³-hybridized carbons (Fsp3) is 0.250. The van der Waals surface area contributed by atoms with Crippen molar-refractivity contribution < 1.29 is 9.59 Å². The second kappa shape index (κ2) is 4.87. The van der Waals surface area contributed by atoms with Crippen LogP contribution in [0.5, 0.6) is 0 Å². The van der Waals surface area contributed by atoms with Crippen LogP contribution in [0.4, 0.5) is 5.69 Å². The first-order chi connectivity index (χ1) is 8.63. The van der Waals surface area contributed by atoms with E-state index >= 15 is 0 Å². The first-order valence-electron chi connectivity index (χ1n) is 5.52. The molecular formula is C12H13N4O2. The Morgan fingerprint density at radius 3 is 2.67 bits per heavy atom. The zero-order valence-corrected chi connectivity index (χ0v) is 9.64. The molecule has 2 rings (SSSR count). The van der Waals surface area contributed by atoms with Crippen molar-refractivity contribution in [1.82, 2.24) is 5.32 Å². The van der Waals surface area contributed by atoms with Gasteiger partial charge in [-0.15, -0.1) is 0 Å². The Labute approximate surface area is 104 Å². The highest BCUT2D eigenvalue weighted by atomic mass is 16.2. The number of amides is 2. The smallest absolute Gasteiger partial charge is 0.309 e. The molecule has 18 heavy (non-hydrogen) atoms. The van der Waals surface area contributed by atoms with Crippen molar-refractivity contribution in [3.05, 3.63) is 29.8 Å². The molecule has 0 aliphatic carbocycles. The Morgan fingerprint density at radius 1 is 1.44 bits per heavy atom. The van der Waals surface area contributed by atoms with E-state index in [0.29, 0.717) is 18.5 Å². The van der Waals surface area contributed by atoms with E-state index in [1.54, 1.807) is 35.6 Å². The molecule has 1 aromatic carbocycles. The topological polar surface area (TPSA) is 99.3 Å². The average Bonchev–Trinajstić information content (AvgIpc) is 2.72. The molecule has 1 aromatic rings. The standard InChI is InChI=1S/C12H13N4O2/c13-11(14)8-1-3-9(4-2-8)16-6-5-10(12(16)18)15-7-17/h1-4,10H,5-6H2,(H3,13,14)(H,15,17)/t10-/m0/s1. The number of nitrogens with two attached hydrogens (primary N) is 1. The van der Waals surface area contributed by atoms with Gasteiger partial charge in [-0.2, -0.15) is 0 Å². The Bertz CT molecular complexity index is 483. The lowest BCUT2D eigenvalue weighted by atomic mass is 10.2. The Hall–Kier alpha value is -2.37. The molecule has 1 heterocycles. The van der Waals surface area contributed by atoms with E-state index in [9.17, 15) is 9.59 Å². The van der Waals surface area contributed by atoms with Gasteiger partial charge in [0.25, 0.3) is 0 Å². The van der Waals surface area contributed by atoms with Crippen molar-refractivity contribution in [3.63, 3.8) is 0 Å². The summed E-state index contributed by atoms with van der Waals surface area (Å²) in [5.74, 6) is -0.154. The third kappa shape index (κ3) is 2.17. The monoisotopic (exact) mass is 245 g/mol. The molecule has 1 fully saturated rings. The van der Waals surface area contributed by atoms with E-state index in [2.05, 4.69) is 5.32 Å². The maximum Gasteiger partial charge on any atom is 0.309 e. The van der Waals surface area contributed by atoms with Crippen LogP contribution in [0.1, 0.15) is 12.0 Å². The Morgan fingerprint density at radius 2 is 2.11 bits per heavy atom. The molecule has 2 amide bonds. The van der Waals surface area contributed by atoms with Crippen LogP contribution < -0.4 is 16.0 Å². The van der Waals surface area contributed by atoms with Gasteiger partial charge >= 0.3 is 6.41 Å². The van der Waals surface area contributed by atoms with Crippen LogP contribution >= 0.6 is 0 Å². The number of carbonyl (C=O) groups excluding carboxylic acids is 2. The minimum Gasteiger partial charge on any atom is -0.384 e.